The number of nitrogens with one attached hydrogen (secondary N) is 2. The molecule has 2 saturated carbocycles. The summed E-state index contributed by atoms with van der Waals surface area (Å²) in [5.74, 6) is -0.0813. The van der Waals surface area contributed by atoms with Crippen LogP contribution in [0.5, 0.6) is 0 Å². The van der Waals surface area contributed by atoms with Crippen molar-refractivity contribution in [3.63, 3.8) is 0 Å². The molecule has 2 atom stereocenters. The fraction of sp³-hybridized carbons (Fsp3) is 0.457. The van der Waals surface area contributed by atoms with E-state index >= 15 is 0 Å². The first-order valence-corrected chi connectivity index (χ1v) is 15.9. The standard InChI is InChI=1S/C35H42FN5O3/c1-38-33(43)32-27(11-10-26-4-2-3-5-30(26)32)14-17-40-18-19-41(29(22-40)20-24-6-7-24,23-25-8-12-28(36)13-9-25)31(42)21-39-34(44)35(37)15-16-35/h2-5,8-13,24,29H,6-7,14-23,37H2,1H3,(H-,38,39,43,44)/p+1. The minimum absolute atomic E-state index is 0.0198. The molecule has 3 amide bonds. The monoisotopic (exact) mass is 600 g/mol. The van der Waals surface area contributed by atoms with Gasteiger partial charge in [0, 0.05) is 32.1 Å². The largest absolute Gasteiger partial charge is 0.355 e. The van der Waals surface area contributed by atoms with Gasteiger partial charge in [0.1, 0.15) is 24.9 Å². The molecule has 1 saturated heterocycles. The lowest BCUT2D eigenvalue weighted by Gasteiger charge is -2.49. The molecule has 3 aromatic rings. The summed E-state index contributed by atoms with van der Waals surface area (Å²) in [5.41, 5.74) is 7.89. The molecule has 8 nitrogen and oxygen atoms in total. The molecular weight excluding hydrogens is 557 g/mol. The van der Waals surface area contributed by atoms with Gasteiger partial charge < -0.3 is 16.4 Å². The van der Waals surface area contributed by atoms with E-state index in [1.54, 1.807) is 19.2 Å². The summed E-state index contributed by atoms with van der Waals surface area (Å²) < 4.78 is 14.0. The maximum Gasteiger partial charge on any atom is 0.333 e. The third kappa shape index (κ3) is 6.41. The molecule has 44 heavy (non-hydrogen) atoms. The highest BCUT2D eigenvalue weighted by molar-refractivity contribution is 6.08. The lowest BCUT2D eigenvalue weighted by atomic mass is 9.95. The number of fused-ring (bicyclic) bond motifs is 1. The van der Waals surface area contributed by atoms with Crippen LogP contribution >= 0.6 is 0 Å². The van der Waals surface area contributed by atoms with Crippen molar-refractivity contribution in [1.82, 2.24) is 15.5 Å². The van der Waals surface area contributed by atoms with Crippen LogP contribution in [0.3, 0.4) is 0 Å². The minimum Gasteiger partial charge on any atom is -0.355 e. The highest BCUT2D eigenvalue weighted by atomic mass is 19.1. The number of halogens is 1. The number of carbonyl (C=O) groups excluding carboxylic acids is 3. The fourth-order valence-electron chi connectivity index (χ4n) is 6.85. The second-order valence-electron chi connectivity index (χ2n) is 13.1. The molecule has 3 aromatic carbocycles. The van der Waals surface area contributed by atoms with E-state index in [9.17, 15) is 18.8 Å². The van der Waals surface area contributed by atoms with Crippen molar-refractivity contribution in [1.29, 1.82) is 0 Å². The summed E-state index contributed by atoms with van der Waals surface area (Å²) >= 11 is 0. The van der Waals surface area contributed by atoms with Gasteiger partial charge in [-0.05, 0) is 66.5 Å². The van der Waals surface area contributed by atoms with Crippen molar-refractivity contribution < 1.29 is 23.3 Å². The molecule has 232 valence electrons. The number of hydrogen-bond acceptors (Lipinski definition) is 5. The Hall–Kier alpha value is -3.66. The number of carbonyl (C=O) groups is 3. The number of amides is 3. The second kappa shape index (κ2) is 12.4. The van der Waals surface area contributed by atoms with Crippen LogP contribution in [0.25, 0.3) is 10.8 Å². The summed E-state index contributed by atoms with van der Waals surface area (Å²) in [4.78, 5) is 42.3. The van der Waals surface area contributed by atoms with Gasteiger partial charge in [-0.3, -0.25) is 19.0 Å². The molecule has 1 heterocycles. The van der Waals surface area contributed by atoms with Crippen LogP contribution in [0.1, 0.15) is 53.6 Å². The number of benzene rings is 3. The average molecular weight is 601 g/mol. The first-order valence-electron chi connectivity index (χ1n) is 15.9. The van der Waals surface area contributed by atoms with Crippen LogP contribution in [-0.4, -0.2) is 78.5 Å². The van der Waals surface area contributed by atoms with E-state index in [4.69, 9.17) is 5.73 Å². The zero-order valence-corrected chi connectivity index (χ0v) is 25.5. The van der Waals surface area contributed by atoms with Crippen LogP contribution in [0.15, 0.2) is 60.7 Å². The summed E-state index contributed by atoms with van der Waals surface area (Å²) in [6, 6.07) is 18.6. The first kappa shape index (κ1) is 30.4. The lowest BCUT2D eigenvalue weighted by Crippen LogP contribution is -2.69. The van der Waals surface area contributed by atoms with Crippen LogP contribution < -0.4 is 16.4 Å². The van der Waals surface area contributed by atoms with E-state index in [1.807, 2.05) is 24.3 Å². The van der Waals surface area contributed by atoms with Crippen LogP contribution in [0.2, 0.25) is 0 Å². The Morgan fingerprint density at radius 2 is 1.80 bits per heavy atom. The van der Waals surface area contributed by atoms with E-state index in [2.05, 4.69) is 27.7 Å². The molecule has 0 spiro atoms. The van der Waals surface area contributed by atoms with Gasteiger partial charge in [-0.1, -0.05) is 48.5 Å². The van der Waals surface area contributed by atoms with E-state index < -0.39 is 5.54 Å². The molecule has 0 radical (unpaired) electrons. The number of nitrogens with two attached hydrogens (primary N) is 1. The molecule has 2 aliphatic carbocycles. The van der Waals surface area contributed by atoms with Gasteiger partial charge in [0.05, 0.1) is 24.2 Å². The van der Waals surface area contributed by atoms with Gasteiger partial charge in [0.25, 0.3) is 5.91 Å². The van der Waals surface area contributed by atoms with Gasteiger partial charge in [-0.15, -0.1) is 0 Å². The van der Waals surface area contributed by atoms with Crippen molar-refractivity contribution in [3.05, 3.63) is 83.2 Å². The Morgan fingerprint density at radius 3 is 2.50 bits per heavy atom. The van der Waals surface area contributed by atoms with Gasteiger partial charge in [0.2, 0.25) is 5.91 Å². The highest BCUT2D eigenvalue weighted by Crippen LogP contribution is 2.39. The Labute approximate surface area is 258 Å². The molecule has 1 aliphatic heterocycles. The summed E-state index contributed by atoms with van der Waals surface area (Å²) in [6.07, 6.45) is 5.25. The summed E-state index contributed by atoms with van der Waals surface area (Å²) in [6.45, 7) is 3.19. The van der Waals surface area contributed by atoms with E-state index in [1.165, 1.54) is 25.0 Å². The number of piperazine rings is 1. The predicted molar refractivity (Wildman–Crippen MR) is 168 cm³/mol. The summed E-state index contributed by atoms with van der Waals surface area (Å²) in [5, 5.41) is 7.64. The average Bonchev–Trinajstić information content (AvgIpc) is 3.98. The topological polar surface area (TPSA) is 105 Å². The zero-order chi connectivity index (χ0) is 30.9. The second-order valence-corrected chi connectivity index (χ2v) is 13.1. The molecule has 2 unspecified atom stereocenters. The predicted octanol–water partition coefficient (Wildman–Crippen LogP) is 3.52. The molecule has 0 aromatic heterocycles. The lowest BCUT2D eigenvalue weighted by molar-refractivity contribution is -0.897. The molecule has 3 aliphatic rings. The van der Waals surface area contributed by atoms with Gasteiger partial charge in [-0.25, -0.2) is 9.18 Å². The van der Waals surface area contributed by atoms with Crippen molar-refractivity contribution in [2.45, 2.75) is 56.7 Å². The van der Waals surface area contributed by atoms with E-state index in [0.29, 0.717) is 44.8 Å². The number of rotatable bonds is 11. The zero-order valence-electron chi connectivity index (χ0n) is 25.5. The van der Waals surface area contributed by atoms with Gasteiger partial charge in [0.15, 0.2) is 0 Å². The Bertz CT molecular complexity index is 1550. The third-order valence-corrected chi connectivity index (χ3v) is 9.97. The van der Waals surface area contributed by atoms with Crippen molar-refractivity contribution >= 4 is 28.5 Å². The normalized spacial score (nSPS) is 22.8. The van der Waals surface area contributed by atoms with Gasteiger partial charge >= 0.3 is 5.91 Å². The van der Waals surface area contributed by atoms with Crippen LogP contribution in [-0.2, 0) is 22.6 Å². The minimum atomic E-state index is -0.843. The SMILES string of the molecule is CNC(=O)c1c(CCN2CC[N+](Cc3ccc(F)cc3)(C(=O)CNC(=O)C3(N)CC3)C(CC3CC3)C2)ccc2ccccc12. The van der Waals surface area contributed by atoms with E-state index in [0.717, 1.165) is 47.0 Å². The van der Waals surface area contributed by atoms with Crippen LogP contribution in [0, 0.1) is 11.7 Å². The maximum absolute atomic E-state index is 14.2. The Morgan fingerprint density at radius 1 is 1.05 bits per heavy atom. The Balaban J connectivity index is 1.23. The van der Waals surface area contributed by atoms with Crippen molar-refractivity contribution in [3.8, 4) is 0 Å². The molecule has 0 bridgehead atoms. The van der Waals surface area contributed by atoms with E-state index in [-0.39, 0.29) is 40.6 Å². The molecule has 9 heteroatoms. The van der Waals surface area contributed by atoms with Crippen LogP contribution in [0.4, 0.5) is 4.39 Å². The third-order valence-electron chi connectivity index (χ3n) is 9.97. The summed E-state index contributed by atoms with van der Waals surface area (Å²) in [7, 11) is 1.66. The van der Waals surface area contributed by atoms with Crippen molar-refractivity contribution in [2.75, 3.05) is 39.8 Å². The molecule has 4 N–H and O–H groups in total. The maximum atomic E-state index is 14.2. The quantitative estimate of drug-likeness (QED) is 0.292. The number of quaternary nitrogens is 1. The van der Waals surface area contributed by atoms with Gasteiger partial charge in [-0.2, -0.15) is 0 Å². The molecular formula is C35H43FN5O3+. The molecule has 3 fully saturated rings. The smallest absolute Gasteiger partial charge is 0.333 e. The highest BCUT2D eigenvalue weighted by Gasteiger charge is 2.51. The Kier molecular flexibility index (Phi) is 8.55. The van der Waals surface area contributed by atoms with Crippen molar-refractivity contribution in [2.24, 2.45) is 11.7 Å². The number of nitrogens with zero attached hydrogens (tertiary/aromatic N) is 2. The molecule has 6 rings (SSSR count). The first-order chi connectivity index (χ1) is 21.2. The number of hydrogen-bond donors (Lipinski definition) is 3. The fourth-order valence-corrected chi connectivity index (χ4v) is 6.85.